The summed E-state index contributed by atoms with van der Waals surface area (Å²) in [4.78, 5) is 26.8. The van der Waals surface area contributed by atoms with Gasteiger partial charge in [0.2, 0.25) is 0 Å². The van der Waals surface area contributed by atoms with Crippen LogP contribution in [0.3, 0.4) is 0 Å². The Morgan fingerprint density at radius 1 is 1.31 bits per heavy atom. The standard InChI is InChI=1S/C17H12ClN3O4S/c18-15-5-4-12(7-16(15)21(23)24)20-17(22)11-2-1-3-14(6-11)25-8-13-9-26-10-19-13/h1-7,9-10H,8H2,(H,20,22). The van der Waals surface area contributed by atoms with Crippen LogP contribution < -0.4 is 10.1 Å². The number of nitro groups is 1. The van der Waals surface area contributed by atoms with Crippen molar-refractivity contribution in [1.29, 1.82) is 0 Å². The van der Waals surface area contributed by atoms with Crippen molar-refractivity contribution in [2.24, 2.45) is 0 Å². The Kier molecular flexibility index (Phi) is 5.45. The molecular weight excluding hydrogens is 378 g/mol. The zero-order valence-corrected chi connectivity index (χ0v) is 14.8. The summed E-state index contributed by atoms with van der Waals surface area (Å²) in [5.74, 6) is 0.105. The number of nitro benzene ring substituents is 1. The number of carbonyl (C=O) groups is 1. The number of amides is 1. The predicted octanol–water partition coefficient (Wildman–Crippen LogP) is 4.54. The van der Waals surface area contributed by atoms with E-state index in [9.17, 15) is 14.9 Å². The van der Waals surface area contributed by atoms with E-state index in [4.69, 9.17) is 16.3 Å². The van der Waals surface area contributed by atoms with Gasteiger partial charge in [-0.1, -0.05) is 17.7 Å². The van der Waals surface area contributed by atoms with Crippen LogP contribution in [0.1, 0.15) is 16.1 Å². The molecule has 0 saturated carbocycles. The lowest BCUT2D eigenvalue weighted by atomic mass is 10.2. The molecule has 0 atom stereocenters. The molecule has 3 rings (SSSR count). The van der Waals surface area contributed by atoms with E-state index in [0.717, 1.165) is 5.69 Å². The van der Waals surface area contributed by atoms with E-state index in [1.54, 1.807) is 29.8 Å². The zero-order valence-electron chi connectivity index (χ0n) is 13.2. The quantitative estimate of drug-likeness (QED) is 0.493. The highest BCUT2D eigenvalue weighted by Gasteiger charge is 2.15. The van der Waals surface area contributed by atoms with Crippen LogP contribution in [0.5, 0.6) is 5.75 Å². The summed E-state index contributed by atoms with van der Waals surface area (Å²) in [5, 5.41) is 15.4. The molecule has 2 aromatic carbocycles. The molecule has 0 aliphatic carbocycles. The SMILES string of the molecule is O=C(Nc1ccc(Cl)c([N+](=O)[O-])c1)c1cccc(OCc2cscn2)c1. The summed E-state index contributed by atoms with van der Waals surface area (Å²) in [6.45, 7) is 0.304. The van der Waals surface area contributed by atoms with Gasteiger partial charge in [0.25, 0.3) is 11.6 Å². The lowest BCUT2D eigenvalue weighted by molar-refractivity contribution is -0.384. The Labute approximate surface area is 157 Å². The first kappa shape index (κ1) is 17.8. The van der Waals surface area contributed by atoms with Gasteiger partial charge in [-0.2, -0.15) is 0 Å². The lowest BCUT2D eigenvalue weighted by Gasteiger charge is -2.08. The monoisotopic (exact) mass is 389 g/mol. The Morgan fingerprint density at radius 3 is 2.88 bits per heavy atom. The average Bonchev–Trinajstić information content (AvgIpc) is 3.15. The van der Waals surface area contributed by atoms with E-state index in [1.807, 2.05) is 5.38 Å². The first-order valence-corrected chi connectivity index (χ1v) is 8.70. The first-order chi connectivity index (χ1) is 12.5. The molecule has 0 unspecified atom stereocenters. The predicted molar refractivity (Wildman–Crippen MR) is 98.9 cm³/mol. The second-order valence-electron chi connectivity index (χ2n) is 5.17. The van der Waals surface area contributed by atoms with Gasteiger partial charge in [0.15, 0.2) is 0 Å². The van der Waals surface area contributed by atoms with E-state index < -0.39 is 10.8 Å². The van der Waals surface area contributed by atoms with Crippen LogP contribution in [0.2, 0.25) is 5.02 Å². The second-order valence-corrected chi connectivity index (χ2v) is 6.30. The number of aromatic nitrogens is 1. The number of rotatable bonds is 6. The molecule has 0 aliphatic rings. The summed E-state index contributed by atoms with van der Waals surface area (Å²) in [6.07, 6.45) is 0. The van der Waals surface area contributed by atoms with Gasteiger partial charge in [-0.15, -0.1) is 11.3 Å². The molecule has 26 heavy (non-hydrogen) atoms. The molecule has 0 radical (unpaired) electrons. The Balaban J connectivity index is 1.71. The van der Waals surface area contributed by atoms with E-state index in [1.165, 1.54) is 29.5 Å². The molecule has 0 saturated heterocycles. The fourth-order valence-corrected chi connectivity index (χ4v) is 2.86. The molecule has 0 bridgehead atoms. The normalized spacial score (nSPS) is 10.3. The summed E-state index contributed by atoms with van der Waals surface area (Å²) in [5.41, 5.74) is 2.88. The third kappa shape index (κ3) is 4.35. The van der Waals surface area contributed by atoms with Crippen LogP contribution in [-0.4, -0.2) is 15.8 Å². The fraction of sp³-hybridized carbons (Fsp3) is 0.0588. The molecule has 3 aromatic rings. The third-order valence-corrected chi connectivity index (χ3v) is 4.32. The highest BCUT2D eigenvalue weighted by atomic mass is 35.5. The fourth-order valence-electron chi connectivity index (χ4n) is 2.13. The van der Waals surface area contributed by atoms with Gasteiger partial charge in [-0.25, -0.2) is 4.98 Å². The topological polar surface area (TPSA) is 94.4 Å². The zero-order chi connectivity index (χ0) is 18.5. The molecule has 7 nitrogen and oxygen atoms in total. The number of ether oxygens (including phenoxy) is 1. The summed E-state index contributed by atoms with van der Waals surface area (Å²) >= 11 is 7.24. The Hall–Kier alpha value is -2.97. The minimum absolute atomic E-state index is 0.00503. The van der Waals surface area contributed by atoms with Crippen molar-refractivity contribution in [2.45, 2.75) is 6.61 Å². The molecule has 1 aromatic heterocycles. The van der Waals surface area contributed by atoms with Gasteiger partial charge in [-0.05, 0) is 30.3 Å². The van der Waals surface area contributed by atoms with E-state index in [0.29, 0.717) is 17.9 Å². The molecule has 1 heterocycles. The van der Waals surface area contributed by atoms with E-state index >= 15 is 0 Å². The number of hydrogen-bond donors (Lipinski definition) is 1. The number of nitrogens with zero attached hydrogens (tertiary/aromatic N) is 2. The highest BCUT2D eigenvalue weighted by Crippen LogP contribution is 2.27. The van der Waals surface area contributed by atoms with Crippen LogP contribution in [0, 0.1) is 10.1 Å². The van der Waals surface area contributed by atoms with Crippen molar-refractivity contribution in [3.63, 3.8) is 0 Å². The number of anilines is 1. The minimum atomic E-state index is -0.606. The van der Waals surface area contributed by atoms with Crippen LogP contribution in [0.4, 0.5) is 11.4 Å². The largest absolute Gasteiger partial charge is 0.487 e. The second kappa shape index (κ2) is 7.94. The van der Waals surface area contributed by atoms with Crippen molar-refractivity contribution < 1.29 is 14.5 Å². The van der Waals surface area contributed by atoms with Crippen molar-refractivity contribution in [3.05, 3.63) is 79.7 Å². The maximum Gasteiger partial charge on any atom is 0.289 e. The number of nitrogens with one attached hydrogen (secondary N) is 1. The van der Waals surface area contributed by atoms with Crippen molar-refractivity contribution in [1.82, 2.24) is 4.98 Å². The smallest absolute Gasteiger partial charge is 0.289 e. The van der Waals surface area contributed by atoms with Crippen molar-refractivity contribution >= 4 is 40.2 Å². The average molecular weight is 390 g/mol. The van der Waals surface area contributed by atoms with Gasteiger partial charge >= 0.3 is 0 Å². The van der Waals surface area contributed by atoms with Crippen LogP contribution in [-0.2, 0) is 6.61 Å². The first-order valence-electron chi connectivity index (χ1n) is 7.38. The van der Waals surface area contributed by atoms with Crippen molar-refractivity contribution in [2.75, 3.05) is 5.32 Å². The molecule has 0 spiro atoms. The van der Waals surface area contributed by atoms with E-state index in [2.05, 4.69) is 10.3 Å². The molecular formula is C17H12ClN3O4S. The third-order valence-electron chi connectivity index (χ3n) is 3.37. The number of halogens is 1. The van der Waals surface area contributed by atoms with Gasteiger partial charge in [-0.3, -0.25) is 14.9 Å². The van der Waals surface area contributed by atoms with Crippen LogP contribution in [0.15, 0.2) is 53.4 Å². The molecule has 1 N–H and O–H groups in total. The van der Waals surface area contributed by atoms with Gasteiger partial charge in [0.1, 0.15) is 17.4 Å². The van der Waals surface area contributed by atoms with Gasteiger partial charge in [0, 0.05) is 22.7 Å². The Bertz CT molecular complexity index is 947. The van der Waals surface area contributed by atoms with Crippen molar-refractivity contribution in [3.8, 4) is 5.75 Å². The number of benzene rings is 2. The molecule has 0 aliphatic heterocycles. The van der Waals surface area contributed by atoms with Gasteiger partial charge in [0.05, 0.1) is 16.1 Å². The summed E-state index contributed by atoms with van der Waals surface area (Å²) in [7, 11) is 0. The summed E-state index contributed by atoms with van der Waals surface area (Å²) in [6, 6.07) is 10.7. The molecule has 9 heteroatoms. The Morgan fingerprint density at radius 2 is 2.15 bits per heavy atom. The lowest BCUT2D eigenvalue weighted by Crippen LogP contribution is -2.12. The van der Waals surface area contributed by atoms with Gasteiger partial charge < -0.3 is 10.1 Å². The van der Waals surface area contributed by atoms with Crippen LogP contribution >= 0.6 is 22.9 Å². The number of thiazole rings is 1. The summed E-state index contributed by atoms with van der Waals surface area (Å²) < 4.78 is 5.62. The molecule has 1 amide bonds. The van der Waals surface area contributed by atoms with E-state index in [-0.39, 0.29) is 16.4 Å². The van der Waals surface area contributed by atoms with Crippen LogP contribution in [0.25, 0.3) is 0 Å². The minimum Gasteiger partial charge on any atom is -0.487 e. The molecule has 132 valence electrons. The number of carbonyl (C=O) groups excluding carboxylic acids is 1. The maximum absolute atomic E-state index is 12.4. The maximum atomic E-state index is 12.4. The molecule has 0 fully saturated rings. The highest BCUT2D eigenvalue weighted by molar-refractivity contribution is 7.07. The number of hydrogen-bond acceptors (Lipinski definition) is 6.